The molecule has 0 spiro atoms. The molecular formula is C11H22N2O2S. The van der Waals surface area contributed by atoms with Gasteiger partial charge in [-0.15, -0.1) is 0 Å². The minimum absolute atomic E-state index is 0.182. The molecule has 2 fully saturated rings. The van der Waals surface area contributed by atoms with Crippen LogP contribution in [0.1, 0.15) is 26.2 Å². The summed E-state index contributed by atoms with van der Waals surface area (Å²) in [6.45, 7) is 6.40. The van der Waals surface area contributed by atoms with Gasteiger partial charge < -0.3 is 10.2 Å². The van der Waals surface area contributed by atoms with Crippen LogP contribution in [0.4, 0.5) is 0 Å². The fourth-order valence-corrected chi connectivity index (χ4v) is 4.79. The van der Waals surface area contributed by atoms with Crippen molar-refractivity contribution in [2.45, 2.75) is 31.7 Å². The van der Waals surface area contributed by atoms with Crippen LogP contribution in [-0.4, -0.2) is 56.5 Å². The lowest BCUT2D eigenvalue weighted by atomic mass is 10.0. The van der Waals surface area contributed by atoms with E-state index in [2.05, 4.69) is 10.2 Å². The first kappa shape index (κ1) is 12.3. The molecule has 0 saturated carbocycles. The van der Waals surface area contributed by atoms with Gasteiger partial charge in [0.2, 0.25) is 0 Å². The van der Waals surface area contributed by atoms with E-state index in [0.717, 1.165) is 19.5 Å². The fourth-order valence-electron chi connectivity index (χ4n) is 2.67. The van der Waals surface area contributed by atoms with Crippen molar-refractivity contribution in [1.29, 1.82) is 0 Å². The Morgan fingerprint density at radius 3 is 2.56 bits per heavy atom. The quantitative estimate of drug-likeness (QED) is 0.772. The maximum absolute atomic E-state index is 11.4. The molecule has 1 atom stereocenters. The summed E-state index contributed by atoms with van der Waals surface area (Å²) in [5.74, 6) is 0.653. The van der Waals surface area contributed by atoms with Crippen LogP contribution in [0, 0.1) is 0 Å². The average Bonchev–Trinajstić information content (AvgIpc) is 2.75. The van der Waals surface area contributed by atoms with Crippen LogP contribution in [0.15, 0.2) is 0 Å². The van der Waals surface area contributed by atoms with E-state index in [0.29, 0.717) is 11.5 Å². The van der Waals surface area contributed by atoms with Gasteiger partial charge in [-0.3, -0.25) is 0 Å². The third-order valence-electron chi connectivity index (χ3n) is 3.68. The zero-order valence-electron chi connectivity index (χ0n) is 10.0. The molecular weight excluding hydrogens is 224 g/mol. The van der Waals surface area contributed by atoms with Gasteiger partial charge in [-0.05, 0) is 39.3 Å². The monoisotopic (exact) mass is 246 g/mol. The van der Waals surface area contributed by atoms with Crippen molar-refractivity contribution in [3.05, 3.63) is 0 Å². The molecule has 0 radical (unpaired) electrons. The Kier molecular flexibility index (Phi) is 3.56. The summed E-state index contributed by atoms with van der Waals surface area (Å²) in [7, 11) is -2.78. The maximum Gasteiger partial charge on any atom is 0.152 e. The number of sulfone groups is 1. The Bertz CT molecular complexity index is 336. The Morgan fingerprint density at radius 1 is 1.31 bits per heavy atom. The highest BCUT2D eigenvalue weighted by molar-refractivity contribution is 7.91. The topological polar surface area (TPSA) is 49.4 Å². The average molecular weight is 246 g/mol. The lowest BCUT2D eigenvalue weighted by Gasteiger charge is -2.25. The van der Waals surface area contributed by atoms with Gasteiger partial charge in [0.25, 0.3) is 0 Å². The maximum atomic E-state index is 11.4. The zero-order chi connectivity index (χ0) is 11.6. The third-order valence-corrected chi connectivity index (χ3v) is 5.58. The second-order valence-electron chi connectivity index (χ2n) is 5.38. The van der Waals surface area contributed by atoms with Gasteiger partial charge in [0.05, 0.1) is 11.5 Å². The molecule has 2 aliphatic rings. The Labute approximate surface area is 98.3 Å². The largest absolute Gasteiger partial charge is 0.309 e. The third kappa shape index (κ3) is 3.18. The molecule has 0 amide bonds. The van der Waals surface area contributed by atoms with Crippen LogP contribution in [0.5, 0.6) is 0 Å². The Hall–Kier alpha value is -0.130. The zero-order valence-corrected chi connectivity index (χ0v) is 10.9. The summed E-state index contributed by atoms with van der Waals surface area (Å²) in [5.41, 5.74) is -0.182. The molecule has 2 heterocycles. The Morgan fingerprint density at radius 2 is 2.00 bits per heavy atom. The lowest BCUT2D eigenvalue weighted by molar-refractivity contribution is 0.306. The molecule has 1 unspecified atom stereocenters. The van der Waals surface area contributed by atoms with E-state index in [4.69, 9.17) is 0 Å². The van der Waals surface area contributed by atoms with Gasteiger partial charge in [-0.1, -0.05) is 0 Å². The van der Waals surface area contributed by atoms with Gasteiger partial charge in [0.15, 0.2) is 9.84 Å². The van der Waals surface area contributed by atoms with Crippen LogP contribution in [0.25, 0.3) is 0 Å². The van der Waals surface area contributed by atoms with E-state index in [1.807, 2.05) is 6.92 Å². The Balaban J connectivity index is 1.73. The highest BCUT2D eigenvalue weighted by atomic mass is 32.2. The molecule has 1 N–H and O–H groups in total. The summed E-state index contributed by atoms with van der Waals surface area (Å²) in [6, 6.07) is 0. The molecule has 0 bridgehead atoms. The molecule has 2 saturated heterocycles. The van der Waals surface area contributed by atoms with Gasteiger partial charge in [0.1, 0.15) is 0 Å². The number of hydrogen-bond acceptors (Lipinski definition) is 4. The number of hydrogen-bond donors (Lipinski definition) is 1. The normalized spacial score (nSPS) is 34.6. The number of likely N-dealkylation sites (tertiary alicyclic amines) is 1. The van der Waals surface area contributed by atoms with E-state index in [9.17, 15) is 8.42 Å². The summed E-state index contributed by atoms with van der Waals surface area (Å²) < 4.78 is 22.8. The fraction of sp³-hybridized carbons (Fsp3) is 1.00. The smallest absolute Gasteiger partial charge is 0.152 e. The minimum atomic E-state index is -2.78. The second-order valence-corrected chi connectivity index (χ2v) is 7.56. The van der Waals surface area contributed by atoms with E-state index >= 15 is 0 Å². The first-order chi connectivity index (χ1) is 7.49. The highest BCUT2D eigenvalue weighted by Crippen LogP contribution is 2.22. The number of nitrogens with one attached hydrogen (secondary N) is 1. The summed E-state index contributed by atoms with van der Waals surface area (Å²) in [4.78, 5) is 2.44. The van der Waals surface area contributed by atoms with Gasteiger partial charge in [-0.2, -0.15) is 0 Å². The molecule has 94 valence electrons. The molecule has 5 heteroatoms. The van der Waals surface area contributed by atoms with E-state index < -0.39 is 9.84 Å². The van der Waals surface area contributed by atoms with Crippen molar-refractivity contribution in [1.82, 2.24) is 10.2 Å². The van der Waals surface area contributed by atoms with Crippen LogP contribution < -0.4 is 5.32 Å². The predicted molar refractivity (Wildman–Crippen MR) is 65.4 cm³/mol. The van der Waals surface area contributed by atoms with Crippen LogP contribution >= 0.6 is 0 Å². The van der Waals surface area contributed by atoms with Crippen LogP contribution in [0.2, 0.25) is 0 Å². The van der Waals surface area contributed by atoms with E-state index in [1.54, 1.807) is 0 Å². The molecule has 4 nitrogen and oxygen atoms in total. The van der Waals surface area contributed by atoms with Gasteiger partial charge in [-0.25, -0.2) is 8.42 Å². The summed E-state index contributed by atoms with van der Waals surface area (Å²) >= 11 is 0. The van der Waals surface area contributed by atoms with Crippen molar-refractivity contribution >= 4 is 9.84 Å². The van der Waals surface area contributed by atoms with Crippen molar-refractivity contribution in [3.63, 3.8) is 0 Å². The van der Waals surface area contributed by atoms with Crippen molar-refractivity contribution in [2.24, 2.45) is 0 Å². The van der Waals surface area contributed by atoms with E-state index in [-0.39, 0.29) is 5.54 Å². The molecule has 0 aromatic rings. The SMILES string of the molecule is CC1(NCCN2CCCC2)CCS(=O)(=O)C1. The molecule has 2 rings (SSSR count). The second kappa shape index (κ2) is 4.63. The molecule has 2 aliphatic heterocycles. The molecule has 16 heavy (non-hydrogen) atoms. The summed E-state index contributed by atoms with van der Waals surface area (Å²) in [5, 5.41) is 3.42. The predicted octanol–water partition coefficient (Wildman–Crippen LogP) is 0.249. The molecule has 0 aromatic heterocycles. The standard InChI is InChI=1S/C11H22N2O2S/c1-11(4-9-16(14,15)10-11)12-5-8-13-6-2-3-7-13/h12H,2-10H2,1H3. The van der Waals surface area contributed by atoms with Crippen LogP contribution in [-0.2, 0) is 9.84 Å². The van der Waals surface area contributed by atoms with Crippen molar-refractivity contribution < 1.29 is 8.42 Å². The highest BCUT2D eigenvalue weighted by Gasteiger charge is 2.37. The van der Waals surface area contributed by atoms with Crippen molar-refractivity contribution in [3.8, 4) is 0 Å². The van der Waals surface area contributed by atoms with E-state index in [1.165, 1.54) is 25.9 Å². The molecule has 0 aromatic carbocycles. The number of rotatable bonds is 4. The summed E-state index contributed by atoms with van der Waals surface area (Å²) in [6.07, 6.45) is 3.38. The van der Waals surface area contributed by atoms with Crippen LogP contribution in [0.3, 0.4) is 0 Å². The minimum Gasteiger partial charge on any atom is -0.309 e. The van der Waals surface area contributed by atoms with Gasteiger partial charge in [0, 0.05) is 18.6 Å². The first-order valence-corrected chi connectivity index (χ1v) is 7.99. The first-order valence-electron chi connectivity index (χ1n) is 6.17. The van der Waals surface area contributed by atoms with Crippen molar-refractivity contribution in [2.75, 3.05) is 37.7 Å². The van der Waals surface area contributed by atoms with Gasteiger partial charge >= 0.3 is 0 Å². The molecule has 0 aliphatic carbocycles. The number of nitrogens with zero attached hydrogens (tertiary/aromatic N) is 1. The lowest BCUT2D eigenvalue weighted by Crippen LogP contribution is -2.46.